The first-order valence-electron chi connectivity index (χ1n) is 5.19. The molecule has 0 aliphatic carbocycles. The number of nitrogens with zero attached hydrogens (tertiary/aromatic N) is 1. The molecule has 1 heterocycles. The Kier molecular flexibility index (Phi) is 4.35. The van der Waals surface area contributed by atoms with E-state index >= 15 is 0 Å². The molecule has 1 rings (SSSR count). The van der Waals surface area contributed by atoms with Gasteiger partial charge in [-0.25, -0.2) is 0 Å². The summed E-state index contributed by atoms with van der Waals surface area (Å²) >= 11 is 0. The van der Waals surface area contributed by atoms with Crippen LogP contribution in [0.1, 0.15) is 20.3 Å². The zero-order valence-electron chi connectivity index (χ0n) is 9.25. The third-order valence-corrected chi connectivity index (χ3v) is 2.24. The van der Waals surface area contributed by atoms with Crippen LogP contribution in [0.15, 0.2) is 0 Å². The van der Waals surface area contributed by atoms with Crippen LogP contribution in [0.5, 0.6) is 0 Å². The van der Waals surface area contributed by atoms with Crippen LogP contribution in [-0.4, -0.2) is 49.7 Å². The number of hydrogen-bond acceptors (Lipinski definition) is 4. The molecule has 0 amide bonds. The second-order valence-corrected chi connectivity index (χ2v) is 4.16. The molecule has 0 radical (unpaired) electrons. The maximum Gasteiger partial charge on any atom is 0.307 e. The minimum atomic E-state index is -0.104. The van der Waals surface area contributed by atoms with Gasteiger partial charge in [0.15, 0.2) is 0 Å². The Labute approximate surface area is 85.6 Å². The molecule has 1 fully saturated rings. The van der Waals surface area contributed by atoms with Gasteiger partial charge in [0.05, 0.1) is 12.5 Å². The lowest BCUT2D eigenvalue weighted by atomic mass is 10.1. The maximum atomic E-state index is 11.3. The van der Waals surface area contributed by atoms with Crippen molar-refractivity contribution in [2.24, 2.45) is 0 Å². The molecule has 0 saturated carbocycles. The molecule has 0 aromatic rings. The van der Waals surface area contributed by atoms with E-state index in [2.05, 4.69) is 17.3 Å². The molecule has 14 heavy (non-hydrogen) atoms. The highest BCUT2D eigenvalue weighted by molar-refractivity contribution is 5.70. The quantitative estimate of drug-likeness (QED) is 0.662. The van der Waals surface area contributed by atoms with Crippen molar-refractivity contribution in [3.8, 4) is 0 Å². The maximum absolute atomic E-state index is 11.3. The number of carbonyl (C=O) groups excluding carboxylic acids is 1. The Morgan fingerprint density at radius 3 is 2.93 bits per heavy atom. The van der Waals surface area contributed by atoms with E-state index in [4.69, 9.17) is 4.74 Å². The summed E-state index contributed by atoms with van der Waals surface area (Å²) in [7, 11) is 2.07. The zero-order chi connectivity index (χ0) is 10.6. The third kappa shape index (κ3) is 4.07. The number of hydrogen-bond donors (Lipinski definition) is 1. The Hall–Kier alpha value is -0.610. The Morgan fingerprint density at radius 2 is 2.36 bits per heavy atom. The molecule has 0 bridgehead atoms. The van der Waals surface area contributed by atoms with E-state index in [1.165, 1.54) is 0 Å². The number of carbonyl (C=O) groups is 1. The molecule has 0 spiro atoms. The average Bonchev–Trinajstić information content (AvgIpc) is 2.01. The fourth-order valence-corrected chi connectivity index (χ4v) is 1.64. The number of ether oxygens (including phenoxy) is 1. The van der Waals surface area contributed by atoms with E-state index in [1.54, 1.807) is 0 Å². The molecule has 4 heteroatoms. The van der Waals surface area contributed by atoms with E-state index in [-0.39, 0.29) is 18.1 Å². The predicted octanol–water partition coefficient (Wildman–Crippen LogP) is 0.232. The molecular weight excluding hydrogens is 180 g/mol. The van der Waals surface area contributed by atoms with Gasteiger partial charge in [0, 0.05) is 25.7 Å². The summed E-state index contributed by atoms with van der Waals surface area (Å²) in [5.41, 5.74) is 0. The lowest BCUT2D eigenvalue weighted by Gasteiger charge is -2.30. The standard InChI is InChI=1S/C10H20N2O2/c1-8(2)14-10(13)6-9-7-12(3)5-4-11-9/h8-9,11H,4-7H2,1-3H3. The summed E-state index contributed by atoms with van der Waals surface area (Å²) in [6.45, 7) is 6.68. The van der Waals surface area contributed by atoms with Gasteiger partial charge in [0.2, 0.25) is 0 Å². The lowest BCUT2D eigenvalue weighted by Crippen LogP contribution is -2.49. The van der Waals surface area contributed by atoms with Crippen molar-refractivity contribution in [1.82, 2.24) is 10.2 Å². The molecule has 0 aromatic carbocycles. The van der Waals surface area contributed by atoms with Crippen LogP contribution in [0, 0.1) is 0 Å². The second-order valence-electron chi connectivity index (χ2n) is 4.16. The molecular formula is C10H20N2O2. The highest BCUT2D eigenvalue weighted by Crippen LogP contribution is 2.03. The van der Waals surface area contributed by atoms with E-state index in [0.717, 1.165) is 19.6 Å². The van der Waals surface area contributed by atoms with Gasteiger partial charge in [-0.2, -0.15) is 0 Å². The van der Waals surface area contributed by atoms with Crippen LogP contribution in [0.3, 0.4) is 0 Å². The molecule has 1 N–H and O–H groups in total. The fraction of sp³-hybridized carbons (Fsp3) is 0.900. The molecule has 4 nitrogen and oxygen atoms in total. The second kappa shape index (κ2) is 5.32. The van der Waals surface area contributed by atoms with E-state index < -0.39 is 0 Å². The predicted molar refractivity (Wildman–Crippen MR) is 55.1 cm³/mol. The van der Waals surface area contributed by atoms with Crippen LogP contribution >= 0.6 is 0 Å². The summed E-state index contributed by atoms with van der Waals surface area (Å²) < 4.78 is 5.09. The van der Waals surface area contributed by atoms with Gasteiger partial charge in [0.25, 0.3) is 0 Å². The van der Waals surface area contributed by atoms with Crippen LogP contribution in [-0.2, 0) is 9.53 Å². The summed E-state index contributed by atoms with van der Waals surface area (Å²) in [6.07, 6.45) is 0.464. The first kappa shape index (κ1) is 11.5. The Balaban J connectivity index is 2.25. The Bertz CT molecular complexity index is 195. The van der Waals surface area contributed by atoms with Crippen LogP contribution in [0.25, 0.3) is 0 Å². The molecule has 1 atom stereocenters. The van der Waals surface area contributed by atoms with Gasteiger partial charge < -0.3 is 15.0 Å². The third-order valence-electron chi connectivity index (χ3n) is 2.24. The van der Waals surface area contributed by atoms with Gasteiger partial charge in [0.1, 0.15) is 0 Å². The fourth-order valence-electron chi connectivity index (χ4n) is 1.64. The minimum absolute atomic E-state index is 0.0104. The first-order chi connectivity index (χ1) is 6.58. The summed E-state index contributed by atoms with van der Waals surface area (Å²) in [5, 5.41) is 3.31. The number of piperazine rings is 1. The highest BCUT2D eigenvalue weighted by Gasteiger charge is 2.20. The average molecular weight is 200 g/mol. The number of nitrogens with one attached hydrogen (secondary N) is 1. The first-order valence-corrected chi connectivity index (χ1v) is 5.19. The normalized spacial score (nSPS) is 23.9. The highest BCUT2D eigenvalue weighted by atomic mass is 16.5. The van der Waals surface area contributed by atoms with E-state index in [0.29, 0.717) is 6.42 Å². The van der Waals surface area contributed by atoms with Crippen molar-refractivity contribution in [3.63, 3.8) is 0 Å². The monoisotopic (exact) mass is 200 g/mol. The van der Waals surface area contributed by atoms with Gasteiger partial charge in [-0.15, -0.1) is 0 Å². The number of rotatable bonds is 3. The zero-order valence-corrected chi connectivity index (χ0v) is 9.25. The number of likely N-dealkylation sites (N-methyl/N-ethyl adjacent to an activating group) is 1. The van der Waals surface area contributed by atoms with Gasteiger partial charge in [-0.3, -0.25) is 4.79 Å². The molecule has 1 aliphatic rings. The van der Waals surface area contributed by atoms with Crippen LogP contribution in [0.4, 0.5) is 0 Å². The van der Waals surface area contributed by atoms with E-state index in [9.17, 15) is 4.79 Å². The molecule has 82 valence electrons. The van der Waals surface area contributed by atoms with Crippen molar-refractivity contribution < 1.29 is 9.53 Å². The largest absolute Gasteiger partial charge is 0.463 e. The molecule has 1 saturated heterocycles. The van der Waals surface area contributed by atoms with Gasteiger partial charge in [-0.1, -0.05) is 0 Å². The summed E-state index contributed by atoms with van der Waals surface area (Å²) in [4.78, 5) is 13.6. The Morgan fingerprint density at radius 1 is 1.64 bits per heavy atom. The van der Waals surface area contributed by atoms with Crippen molar-refractivity contribution in [2.45, 2.75) is 32.4 Å². The van der Waals surface area contributed by atoms with Crippen molar-refractivity contribution >= 4 is 5.97 Å². The van der Waals surface area contributed by atoms with Crippen molar-refractivity contribution in [2.75, 3.05) is 26.7 Å². The van der Waals surface area contributed by atoms with Crippen molar-refractivity contribution in [1.29, 1.82) is 0 Å². The van der Waals surface area contributed by atoms with Gasteiger partial charge >= 0.3 is 5.97 Å². The summed E-state index contributed by atoms with van der Waals surface area (Å²) in [6, 6.07) is 0.250. The number of esters is 1. The van der Waals surface area contributed by atoms with Gasteiger partial charge in [-0.05, 0) is 20.9 Å². The SMILES string of the molecule is CC(C)OC(=O)CC1CN(C)CCN1. The molecule has 1 aliphatic heterocycles. The molecule has 0 aromatic heterocycles. The topological polar surface area (TPSA) is 41.6 Å². The van der Waals surface area contributed by atoms with E-state index in [1.807, 2.05) is 13.8 Å². The molecule has 1 unspecified atom stereocenters. The lowest BCUT2D eigenvalue weighted by molar-refractivity contribution is -0.148. The minimum Gasteiger partial charge on any atom is -0.463 e. The van der Waals surface area contributed by atoms with Crippen molar-refractivity contribution in [3.05, 3.63) is 0 Å². The summed E-state index contributed by atoms with van der Waals surface area (Å²) in [5.74, 6) is -0.104. The van der Waals surface area contributed by atoms with Crippen LogP contribution < -0.4 is 5.32 Å². The smallest absolute Gasteiger partial charge is 0.307 e. The van der Waals surface area contributed by atoms with Crippen LogP contribution in [0.2, 0.25) is 0 Å².